The number of aryl methyl sites for hydroxylation is 2. The summed E-state index contributed by atoms with van der Waals surface area (Å²) in [5.41, 5.74) is 2.02. The first-order chi connectivity index (χ1) is 12.2. The molecular formula is C18H24N4O2S. The number of rotatable bonds is 5. The monoisotopic (exact) mass is 360 g/mol. The third-order valence-electron chi connectivity index (χ3n) is 3.76. The minimum Gasteiger partial charge on any atom is -0.490 e. The summed E-state index contributed by atoms with van der Waals surface area (Å²) >= 11 is 1.72. The molecule has 0 radical (unpaired) electrons. The average Bonchev–Trinajstić information content (AvgIpc) is 2.89. The van der Waals surface area contributed by atoms with Crippen LogP contribution in [0.1, 0.15) is 23.5 Å². The first-order valence-corrected chi connectivity index (χ1v) is 9.41. The van der Waals surface area contributed by atoms with E-state index in [1.54, 1.807) is 18.4 Å². The maximum atomic E-state index is 5.72. The number of nitrogens with one attached hydrogen (secondary N) is 2. The quantitative estimate of drug-likeness (QED) is 0.487. The molecule has 0 bridgehead atoms. The van der Waals surface area contributed by atoms with E-state index in [0.717, 1.165) is 54.6 Å². The SMILES string of the molecule is CN=C(NCCCc1nc(C)cs1)Nc1ccc2c(c1)OCCCO2. The number of aliphatic imine (C=N–C) groups is 1. The molecule has 0 fully saturated rings. The predicted octanol–water partition coefficient (Wildman–Crippen LogP) is 3.23. The Morgan fingerprint density at radius 3 is 2.88 bits per heavy atom. The summed E-state index contributed by atoms with van der Waals surface area (Å²) in [6, 6.07) is 5.85. The Kier molecular flexibility index (Phi) is 6.11. The van der Waals surface area contributed by atoms with Crippen molar-refractivity contribution in [1.29, 1.82) is 0 Å². The Hall–Kier alpha value is -2.28. The number of fused-ring (bicyclic) bond motifs is 1. The van der Waals surface area contributed by atoms with Crippen LogP contribution >= 0.6 is 11.3 Å². The maximum Gasteiger partial charge on any atom is 0.195 e. The first-order valence-electron chi connectivity index (χ1n) is 8.53. The second kappa shape index (κ2) is 8.71. The van der Waals surface area contributed by atoms with Crippen LogP contribution in [0.5, 0.6) is 11.5 Å². The summed E-state index contributed by atoms with van der Waals surface area (Å²) in [4.78, 5) is 8.75. The molecule has 0 saturated carbocycles. The summed E-state index contributed by atoms with van der Waals surface area (Å²) in [5, 5.41) is 9.90. The van der Waals surface area contributed by atoms with Gasteiger partial charge < -0.3 is 20.1 Å². The number of hydrogen-bond acceptors (Lipinski definition) is 5. The molecule has 2 N–H and O–H groups in total. The van der Waals surface area contributed by atoms with Crippen molar-refractivity contribution in [2.75, 3.05) is 32.1 Å². The smallest absolute Gasteiger partial charge is 0.195 e. The van der Waals surface area contributed by atoms with Gasteiger partial charge in [0.2, 0.25) is 0 Å². The highest BCUT2D eigenvalue weighted by molar-refractivity contribution is 7.09. The molecule has 0 amide bonds. The summed E-state index contributed by atoms with van der Waals surface area (Å²) in [6.07, 6.45) is 2.89. The van der Waals surface area contributed by atoms with Crippen molar-refractivity contribution < 1.29 is 9.47 Å². The van der Waals surface area contributed by atoms with Crippen molar-refractivity contribution in [3.8, 4) is 11.5 Å². The molecular weight excluding hydrogens is 336 g/mol. The maximum absolute atomic E-state index is 5.72. The summed E-state index contributed by atoms with van der Waals surface area (Å²) in [6.45, 7) is 4.24. The molecule has 1 aliphatic heterocycles. The number of thiazole rings is 1. The number of aromatic nitrogens is 1. The van der Waals surface area contributed by atoms with E-state index in [4.69, 9.17) is 9.47 Å². The van der Waals surface area contributed by atoms with E-state index in [9.17, 15) is 0 Å². The van der Waals surface area contributed by atoms with Gasteiger partial charge in [-0.1, -0.05) is 0 Å². The first kappa shape index (κ1) is 17.5. The number of benzene rings is 1. The van der Waals surface area contributed by atoms with Gasteiger partial charge in [-0.2, -0.15) is 0 Å². The van der Waals surface area contributed by atoms with Gasteiger partial charge in [-0.3, -0.25) is 4.99 Å². The van der Waals surface area contributed by atoms with Gasteiger partial charge in [0.15, 0.2) is 17.5 Å². The van der Waals surface area contributed by atoms with E-state index in [0.29, 0.717) is 13.2 Å². The van der Waals surface area contributed by atoms with Crippen molar-refractivity contribution in [2.24, 2.45) is 4.99 Å². The molecule has 0 aliphatic carbocycles. The van der Waals surface area contributed by atoms with Crippen LogP contribution in [-0.4, -0.2) is 37.7 Å². The van der Waals surface area contributed by atoms with Crippen LogP contribution < -0.4 is 20.1 Å². The minimum absolute atomic E-state index is 0.680. The van der Waals surface area contributed by atoms with Gasteiger partial charge in [0.05, 0.1) is 18.2 Å². The predicted molar refractivity (Wildman–Crippen MR) is 102 cm³/mol. The molecule has 0 atom stereocenters. The van der Waals surface area contributed by atoms with Crippen LogP contribution in [0, 0.1) is 6.92 Å². The van der Waals surface area contributed by atoms with Crippen LogP contribution in [0.25, 0.3) is 0 Å². The number of hydrogen-bond donors (Lipinski definition) is 2. The van der Waals surface area contributed by atoms with Gasteiger partial charge in [-0.15, -0.1) is 11.3 Å². The van der Waals surface area contributed by atoms with Gasteiger partial charge in [0, 0.05) is 49.3 Å². The van der Waals surface area contributed by atoms with Crippen molar-refractivity contribution in [2.45, 2.75) is 26.2 Å². The molecule has 1 aliphatic rings. The van der Waals surface area contributed by atoms with Crippen LogP contribution in [0.3, 0.4) is 0 Å². The Bertz CT molecular complexity index is 730. The van der Waals surface area contributed by atoms with E-state index in [1.807, 2.05) is 25.1 Å². The molecule has 25 heavy (non-hydrogen) atoms. The lowest BCUT2D eigenvalue weighted by atomic mass is 10.2. The van der Waals surface area contributed by atoms with E-state index >= 15 is 0 Å². The van der Waals surface area contributed by atoms with Crippen LogP contribution in [0.15, 0.2) is 28.6 Å². The minimum atomic E-state index is 0.680. The Labute approximate surface area is 152 Å². The molecule has 2 heterocycles. The second-order valence-corrected chi connectivity index (χ2v) is 6.76. The van der Waals surface area contributed by atoms with Crippen LogP contribution in [0.4, 0.5) is 5.69 Å². The zero-order valence-corrected chi connectivity index (χ0v) is 15.5. The highest BCUT2D eigenvalue weighted by Crippen LogP contribution is 2.32. The van der Waals surface area contributed by atoms with Gasteiger partial charge in [0.1, 0.15) is 0 Å². The third-order valence-corrected chi connectivity index (χ3v) is 4.79. The molecule has 1 aromatic heterocycles. The molecule has 0 spiro atoms. The molecule has 134 valence electrons. The molecule has 1 aromatic carbocycles. The Morgan fingerprint density at radius 1 is 1.28 bits per heavy atom. The van der Waals surface area contributed by atoms with Crippen molar-refractivity contribution in [1.82, 2.24) is 10.3 Å². The van der Waals surface area contributed by atoms with Crippen LogP contribution in [0.2, 0.25) is 0 Å². The molecule has 7 heteroatoms. The highest BCUT2D eigenvalue weighted by Gasteiger charge is 2.11. The van der Waals surface area contributed by atoms with Gasteiger partial charge in [0.25, 0.3) is 0 Å². The summed E-state index contributed by atoms with van der Waals surface area (Å²) in [5.74, 6) is 2.31. The summed E-state index contributed by atoms with van der Waals surface area (Å²) in [7, 11) is 1.77. The lowest BCUT2D eigenvalue weighted by Gasteiger charge is -2.13. The van der Waals surface area contributed by atoms with E-state index < -0.39 is 0 Å². The number of guanidine groups is 1. The molecule has 0 unspecified atom stereocenters. The van der Waals surface area contributed by atoms with Crippen LogP contribution in [-0.2, 0) is 6.42 Å². The summed E-state index contributed by atoms with van der Waals surface area (Å²) < 4.78 is 11.4. The molecule has 3 rings (SSSR count). The lowest BCUT2D eigenvalue weighted by molar-refractivity contribution is 0.297. The molecule has 6 nitrogen and oxygen atoms in total. The zero-order chi connectivity index (χ0) is 17.5. The second-order valence-electron chi connectivity index (χ2n) is 5.82. The number of nitrogens with zero attached hydrogens (tertiary/aromatic N) is 2. The topological polar surface area (TPSA) is 67.8 Å². The fourth-order valence-corrected chi connectivity index (χ4v) is 3.34. The number of anilines is 1. The standard InChI is InChI=1S/C18H24N4O2S/c1-13-12-25-17(21-13)5-3-8-20-18(19-2)22-14-6-7-15-16(11-14)24-10-4-9-23-15/h6-7,11-12H,3-5,8-10H2,1-2H3,(H2,19,20,22). The number of ether oxygens (including phenoxy) is 2. The van der Waals surface area contributed by atoms with Gasteiger partial charge in [-0.05, 0) is 25.5 Å². The fourth-order valence-electron chi connectivity index (χ4n) is 2.52. The lowest BCUT2D eigenvalue weighted by Crippen LogP contribution is -2.31. The normalized spacial score (nSPS) is 14.1. The van der Waals surface area contributed by atoms with E-state index in [2.05, 4.69) is 26.0 Å². The Balaban J connectivity index is 1.49. The highest BCUT2D eigenvalue weighted by atomic mass is 32.1. The molecule has 0 saturated heterocycles. The average molecular weight is 360 g/mol. The van der Waals surface area contributed by atoms with E-state index in [-0.39, 0.29) is 0 Å². The fraction of sp³-hybridized carbons (Fsp3) is 0.444. The third kappa shape index (κ3) is 5.09. The van der Waals surface area contributed by atoms with Gasteiger partial charge >= 0.3 is 0 Å². The van der Waals surface area contributed by atoms with Crippen molar-refractivity contribution >= 4 is 23.0 Å². The van der Waals surface area contributed by atoms with E-state index in [1.165, 1.54) is 5.01 Å². The zero-order valence-electron chi connectivity index (χ0n) is 14.7. The Morgan fingerprint density at radius 2 is 2.12 bits per heavy atom. The largest absolute Gasteiger partial charge is 0.490 e. The van der Waals surface area contributed by atoms with Gasteiger partial charge in [-0.25, -0.2) is 4.98 Å². The van der Waals surface area contributed by atoms with Crippen molar-refractivity contribution in [3.05, 3.63) is 34.3 Å². The molecule has 2 aromatic rings. The van der Waals surface area contributed by atoms with Crippen molar-refractivity contribution in [3.63, 3.8) is 0 Å².